The van der Waals surface area contributed by atoms with Gasteiger partial charge in [0, 0.05) is 49.7 Å². The van der Waals surface area contributed by atoms with Crippen LogP contribution in [0, 0.1) is 0 Å². The van der Waals surface area contributed by atoms with Crippen LogP contribution in [0.25, 0.3) is 0 Å². The minimum absolute atomic E-state index is 0.0350. The van der Waals surface area contributed by atoms with Crippen molar-refractivity contribution in [3.05, 3.63) is 34.9 Å². The van der Waals surface area contributed by atoms with Crippen LogP contribution in [0.5, 0.6) is 0 Å². The number of piperazine rings is 1. The normalized spacial score (nSPS) is 27.7. The van der Waals surface area contributed by atoms with Crippen molar-refractivity contribution in [1.82, 2.24) is 20.4 Å². The van der Waals surface area contributed by atoms with Crippen LogP contribution in [0.2, 0.25) is 0 Å². The van der Waals surface area contributed by atoms with Crippen molar-refractivity contribution in [3.63, 3.8) is 0 Å². The maximum Gasteiger partial charge on any atom is 0.255 e. The second kappa shape index (κ2) is 6.97. The number of piperidine rings is 1. The highest BCUT2D eigenvalue weighted by Gasteiger charge is 2.40. The zero-order valence-corrected chi connectivity index (χ0v) is 16.7. The van der Waals surface area contributed by atoms with Crippen molar-refractivity contribution in [2.24, 2.45) is 0 Å². The predicted octanol–water partition coefficient (Wildman–Crippen LogP) is 1.02. The molecule has 3 aliphatic heterocycles. The molecular formula is C21H28N4O3. The van der Waals surface area contributed by atoms with Crippen LogP contribution >= 0.6 is 0 Å². The monoisotopic (exact) mass is 384 g/mol. The summed E-state index contributed by atoms with van der Waals surface area (Å²) in [5.41, 5.74) is 2.75. The van der Waals surface area contributed by atoms with Crippen LogP contribution in [-0.2, 0) is 22.7 Å². The van der Waals surface area contributed by atoms with E-state index in [0.717, 1.165) is 29.8 Å². The average Bonchev–Trinajstić information content (AvgIpc) is 2.96. The molecule has 7 nitrogen and oxygen atoms in total. The van der Waals surface area contributed by atoms with Crippen LogP contribution < -0.4 is 10.6 Å². The Morgan fingerprint density at radius 1 is 1.21 bits per heavy atom. The third kappa shape index (κ3) is 3.44. The summed E-state index contributed by atoms with van der Waals surface area (Å²) in [5, 5.41) is 5.92. The summed E-state index contributed by atoms with van der Waals surface area (Å²) in [4.78, 5) is 41.0. The average molecular weight is 384 g/mol. The Balaban J connectivity index is 1.57. The number of carbonyl (C=O) groups excluding carboxylic acids is 3. The van der Waals surface area contributed by atoms with Crippen LogP contribution in [-0.4, -0.2) is 58.2 Å². The van der Waals surface area contributed by atoms with E-state index >= 15 is 0 Å². The van der Waals surface area contributed by atoms with Crippen molar-refractivity contribution in [1.29, 1.82) is 0 Å². The quantitative estimate of drug-likeness (QED) is 0.761. The van der Waals surface area contributed by atoms with Gasteiger partial charge in [-0.25, -0.2) is 0 Å². The van der Waals surface area contributed by atoms with Gasteiger partial charge in [-0.3, -0.25) is 24.6 Å². The molecule has 2 N–H and O–H groups in total. The highest BCUT2D eigenvalue weighted by molar-refractivity contribution is 6.05. The molecule has 0 bridgehead atoms. The molecule has 28 heavy (non-hydrogen) atoms. The Bertz CT molecular complexity index is 835. The molecule has 2 saturated heterocycles. The van der Waals surface area contributed by atoms with Crippen molar-refractivity contribution in [2.75, 3.05) is 13.1 Å². The minimum Gasteiger partial charge on any atom is -0.322 e. The fraction of sp³-hybridized carbons (Fsp3) is 0.571. The second-order valence-electron chi connectivity index (χ2n) is 8.87. The Morgan fingerprint density at radius 3 is 2.75 bits per heavy atom. The van der Waals surface area contributed by atoms with Crippen molar-refractivity contribution in [3.8, 4) is 0 Å². The number of benzene rings is 1. The van der Waals surface area contributed by atoms with Crippen LogP contribution in [0.4, 0.5) is 0 Å². The molecule has 2 fully saturated rings. The molecule has 0 radical (unpaired) electrons. The van der Waals surface area contributed by atoms with Crippen molar-refractivity contribution >= 4 is 17.7 Å². The van der Waals surface area contributed by atoms with E-state index in [9.17, 15) is 14.4 Å². The SMILES string of the molecule is CC1CNC(C)(C)CN1Cc1cccc2c1C(=O)N(C1CCC(=O)NC1=O)C2. The van der Waals surface area contributed by atoms with E-state index in [2.05, 4.69) is 36.3 Å². The van der Waals surface area contributed by atoms with Gasteiger partial charge < -0.3 is 10.2 Å². The van der Waals surface area contributed by atoms with Crippen molar-refractivity contribution < 1.29 is 14.4 Å². The number of rotatable bonds is 3. The number of fused-ring (bicyclic) bond motifs is 1. The number of carbonyl (C=O) groups is 3. The number of hydrogen-bond donors (Lipinski definition) is 2. The van der Waals surface area contributed by atoms with Gasteiger partial charge >= 0.3 is 0 Å². The molecule has 2 atom stereocenters. The van der Waals surface area contributed by atoms with E-state index in [1.165, 1.54) is 0 Å². The molecular weight excluding hydrogens is 356 g/mol. The first-order chi connectivity index (χ1) is 13.2. The predicted molar refractivity (Wildman–Crippen MR) is 104 cm³/mol. The Labute approximate surface area is 165 Å². The highest BCUT2D eigenvalue weighted by Crippen LogP contribution is 2.31. The third-order valence-corrected chi connectivity index (χ3v) is 6.11. The highest BCUT2D eigenvalue weighted by atomic mass is 16.2. The van der Waals surface area contributed by atoms with Gasteiger partial charge in [0.05, 0.1) is 0 Å². The number of hydrogen-bond acceptors (Lipinski definition) is 5. The van der Waals surface area contributed by atoms with E-state index < -0.39 is 6.04 Å². The Hall–Kier alpha value is -2.25. The van der Waals surface area contributed by atoms with E-state index in [0.29, 0.717) is 25.6 Å². The lowest BCUT2D eigenvalue weighted by Gasteiger charge is -2.43. The molecule has 3 aliphatic rings. The van der Waals surface area contributed by atoms with Gasteiger partial charge in [-0.05, 0) is 38.3 Å². The summed E-state index contributed by atoms with van der Waals surface area (Å²) in [6.45, 7) is 9.54. The molecule has 7 heteroatoms. The van der Waals surface area contributed by atoms with Crippen LogP contribution in [0.1, 0.15) is 55.1 Å². The molecule has 150 valence electrons. The van der Waals surface area contributed by atoms with Gasteiger partial charge in [0.2, 0.25) is 11.8 Å². The second-order valence-corrected chi connectivity index (χ2v) is 8.87. The van der Waals surface area contributed by atoms with Gasteiger partial charge in [-0.15, -0.1) is 0 Å². The summed E-state index contributed by atoms with van der Waals surface area (Å²) >= 11 is 0. The maximum atomic E-state index is 13.2. The maximum absolute atomic E-state index is 13.2. The Morgan fingerprint density at radius 2 is 2.00 bits per heavy atom. The summed E-state index contributed by atoms with van der Waals surface area (Å²) in [5.74, 6) is -0.722. The van der Waals surface area contributed by atoms with E-state index in [-0.39, 0.29) is 29.7 Å². The smallest absolute Gasteiger partial charge is 0.255 e. The lowest BCUT2D eigenvalue weighted by molar-refractivity contribution is -0.136. The molecule has 3 amide bonds. The van der Waals surface area contributed by atoms with E-state index in [1.54, 1.807) is 4.90 Å². The summed E-state index contributed by atoms with van der Waals surface area (Å²) < 4.78 is 0. The fourth-order valence-electron chi connectivity index (χ4n) is 4.52. The first kappa shape index (κ1) is 19.1. The summed E-state index contributed by atoms with van der Waals surface area (Å²) in [6.07, 6.45) is 0.666. The van der Waals surface area contributed by atoms with E-state index in [4.69, 9.17) is 0 Å². The Kier molecular flexibility index (Phi) is 4.75. The topological polar surface area (TPSA) is 81.8 Å². The van der Waals surface area contributed by atoms with Crippen molar-refractivity contribution in [2.45, 2.75) is 64.3 Å². The first-order valence-corrected chi connectivity index (χ1v) is 10.00. The summed E-state index contributed by atoms with van der Waals surface area (Å²) in [7, 11) is 0. The molecule has 0 aliphatic carbocycles. The van der Waals surface area contributed by atoms with Gasteiger partial charge in [0.25, 0.3) is 5.91 Å². The van der Waals surface area contributed by atoms with Gasteiger partial charge in [0.1, 0.15) is 6.04 Å². The van der Waals surface area contributed by atoms with Gasteiger partial charge in [-0.2, -0.15) is 0 Å². The molecule has 0 spiro atoms. The van der Waals surface area contributed by atoms with Gasteiger partial charge in [-0.1, -0.05) is 18.2 Å². The lowest BCUT2D eigenvalue weighted by atomic mass is 9.97. The van der Waals surface area contributed by atoms with Gasteiger partial charge in [0.15, 0.2) is 0 Å². The number of nitrogens with zero attached hydrogens (tertiary/aromatic N) is 2. The number of amides is 3. The number of nitrogens with one attached hydrogen (secondary N) is 2. The molecule has 0 saturated carbocycles. The fourth-order valence-corrected chi connectivity index (χ4v) is 4.52. The zero-order chi connectivity index (χ0) is 20.1. The molecule has 0 aromatic heterocycles. The molecule has 3 heterocycles. The van der Waals surface area contributed by atoms with Crippen LogP contribution in [0.15, 0.2) is 18.2 Å². The standard InChI is InChI=1S/C21H28N4O3/c1-13-9-22-21(2,3)12-24(13)10-14-5-4-6-15-11-25(20(28)18(14)15)16-7-8-17(26)23-19(16)27/h4-6,13,16,22H,7-12H2,1-3H3,(H,23,26,27). The number of imide groups is 1. The third-order valence-electron chi connectivity index (χ3n) is 6.11. The molecule has 1 aromatic rings. The van der Waals surface area contributed by atoms with Crippen LogP contribution in [0.3, 0.4) is 0 Å². The molecule has 2 unspecified atom stereocenters. The minimum atomic E-state index is -0.567. The van der Waals surface area contributed by atoms with E-state index in [1.807, 2.05) is 18.2 Å². The molecule has 4 rings (SSSR count). The largest absolute Gasteiger partial charge is 0.322 e. The summed E-state index contributed by atoms with van der Waals surface area (Å²) in [6, 6.07) is 5.79. The lowest BCUT2D eigenvalue weighted by Crippen LogP contribution is -2.60. The first-order valence-electron chi connectivity index (χ1n) is 10.00. The zero-order valence-electron chi connectivity index (χ0n) is 16.7. The molecule has 1 aromatic carbocycles.